The zero-order valence-electron chi connectivity index (χ0n) is 28.9. The van der Waals surface area contributed by atoms with E-state index in [1.54, 1.807) is 0 Å². The average Bonchev–Trinajstić information content (AvgIpc) is 3.06. The van der Waals surface area contributed by atoms with E-state index in [2.05, 4.69) is 39.8 Å². The molecule has 0 aliphatic heterocycles. The first-order chi connectivity index (χ1) is 22.5. The second-order valence-electron chi connectivity index (χ2n) is 12.2. The van der Waals surface area contributed by atoms with Crippen LogP contribution in [0.15, 0.2) is 54.6 Å². The van der Waals surface area contributed by atoms with E-state index in [4.69, 9.17) is 23.7 Å². The molecular formula is C40H58O6. The topological polar surface area (TPSA) is 66.4 Å². The van der Waals surface area contributed by atoms with Crippen LogP contribution in [0.4, 0.5) is 0 Å². The van der Waals surface area contributed by atoms with E-state index in [9.17, 15) is 5.11 Å². The lowest BCUT2D eigenvalue weighted by atomic mass is 10.1. The van der Waals surface area contributed by atoms with Crippen molar-refractivity contribution in [3.63, 3.8) is 0 Å². The molecule has 0 radical (unpaired) electrons. The maximum Gasteiger partial charge on any atom is 0.123 e. The molecule has 0 bridgehead atoms. The Kier molecular flexibility index (Phi) is 17.9. The monoisotopic (exact) mass is 634 g/mol. The molecule has 0 amide bonds. The van der Waals surface area contributed by atoms with Crippen LogP contribution in [0.2, 0.25) is 0 Å². The zero-order valence-corrected chi connectivity index (χ0v) is 28.9. The highest BCUT2D eigenvalue weighted by atomic mass is 16.5. The van der Waals surface area contributed by atoms with Gasteiger partial charge in [-0.3, -0.25) is 0 Å². The summed E-state index contributed by atoms with van der Waals surface area (Å²) in [5, 5.41) is 9.95. The fourth-order valence-corrected chi connectivity index (χ4v) is 5.25. The van der Waals surface area contributed by atoms with Gasteiger partial charge >= 0.3 is 0 Å². The van der Waals surface area contributed by atoms with Crippen molar-refractivity contribution in [3.05, 3.63) is 76.9 Å². The molecule has 3 aromatic rings. The summed E-state index contributed by atoms with van der Waals surface area (Å²) in [5.74, 6) is 3.76. The molecule has 0 heterocycles. The standard InChI is InChI=1S/C40H58O6/c1-5-8-11-14-17-42-36-21-32(4)20-34(24-36)30-45-39-22-33(29-41)23-40(28-39)46-31-35-25-37(43-18-15-12-9-6-2)27-38(26-35)44-19-16-13-10-7-3/h20-28,41H,5-19,29-31H2,1-4H3. The Bertz CT molecular complexity index is 1220. The molecule has 46 heavy (non-hydrogen) atoms. The molecule has 6 nitrogen and oxygen atoms in total. The highest BCUT2D eigenvalue weighted by Gasteiger charge is 2.09. The van der Waals surface area contributed by atoms with Crippen LogP contribution in [-0.4, -0.2) is 24.9 Å². The van der Waals surface area contributed by atoms with Gasteiger partial charge in [-0.1, -0.05) is 84.6 Å². The lowest BCUT2D eigenvalue weighted by Crippen LogP contribution is -2.03. The van der Waals surface area contributed by atoms with Gasteiger partial charge in [-0.25, -0.2) is 0 Å². The van der Waals surface area contributed by atoms with Gasteiger partial charge in [0.15, 0.2) is 0 Å². The molecule has 0 aromatic heterocycles. The number of rotatable bonds is 25. The van der Waals surface area contributed by atoms with Crippen molar-refractivity contribution < 1.29 is 28.8 Å². The predicted molar refractivity (Wildman–Crippen MR) is 188 cm³/mol. The number of hydrogen-bond donors (Lipinski definition) is 1. The van der Waals surface area contributed by atoms with Crippen LogP contribution in [0.3, 0.4) is 0 Å². The van der Waals surface area contributed by atoms with Crippen molar-refractivity contribution in [1.29, 1.82) is 0 Å². The van der Waals surface area contributed by atoms with Gasteiger partial charge in [-0.2, -0.15) is 0 Å². The average molecular weight is 635 g/mol. The normalized spacial score (nSPS) is 11.0. The summed E-state index contributed by atoms with van der Waals surface area (Å²) in [6.45, 7) is 11.4. The van der Waals surface area contributed by atoms with E-state index in [-0.39, 0.29) is 6.61 Å². The number of benzene rings is 3. The van der Waals surface area contributed by atoms with Crippen LogP contribution in [0.1, 0.15) is 120 Å². The van der Waals surface area contributed by atoms with Crippen LogP contribution in [0, 0.1) is 6.92 Å². The van der Waals surface area contributed by atoms with Crippen LogP contribution in [0.5, 0.6) is 28.7 Å². The minimum absolute atomic E-state index is 0.106. The quantitative estimate of drug-likeness (QED) is 0.0936. The molecule has 254 valence electrons. The smallest absolute Gasteiger partial charge is 0.123 e. The predicted octanol–water partition coefficient (Wildman–Crippen LogP) is 10.5. The van der Waals surface area contributed by atoms with Crippen molar-refractivity contribution in [1.82, 2.24) is 0 Å². The molecule has 0 atom stereocenters. The number of hydrogen-bond acceptors (Lipinski definition) is 6. The number of aliphatic hydroxyl groups excluding tert-OH is 1. The summed E-state index contributed by atoms with van der Waals surface area (Å²) in [6.07, 6.45) is 14.0. The molecule has 0 aliphatic carbocycles. The summed E-state index contributed by atoms with van der Waals surface area (Å²) in [4.78, 5) is 0. The van der Waals surface area contributed by atoms with Gasteiger partial charge in [0.1, 0.15) is 42.0 Å². The first kappa shape index (κ1) is 37.1. The second-order valence-corrected chi connectivity index (χ2v) is 12.2. The highest BCUT2D eigenvalue weighted by Crippen LogP contribution is 2.28. The second kappa shape index (κ2) is 22.2. The van der Waals surface area contributed by atoms with Gasteiger partial charge in [0, 0.05) is 12.1 Å². The lowest BCUT2D eigenvalue weighted by molar-refractivity contribution is 0.269. The molecule has 6 heteroatoms. The van der Waals surface area contributed by atoms with E-state index in [0.29, 0.717) is 37.9 Å². The Morgan fingerprint density at radius 2 is 0.783 bits per heavy atom. The third-order valence-electron chi connectivity index (χ3n) is 7.78. The summed E-state index contributed by atoms with van der Waals surface area (Å²) >= 11 is 0. The Morgan fingerprint density at radius 3 is 1.20 bits per heavy atom. The van der Waals surface area contributed by atoms with E-state index in [0.717, 1.165) is 65.4 Å². The van der Waals surface area contributed by atoms with Gasteiger partial charge in [-0.05, 0) is 84.8 Å². The van der Waals surface area contributed by atoms with Crippen molar-refractivity contribution >= 4 is 0 Å². The molecular weight excluding hydrogens is 576 g/mol. The van der Waals surface area contributed by atoms with E-state index >= 15 is 0 Å². The largest absolute Gasteiger partial charge is 0.494 e. The van der Waals surface area contributed by atoms with Crippen molar-refractivity contribution in [2.24, 2.45) is 0 Å². The third kappa shape index (κ3) is 14.8. The number of aryl methyl sites for hydroxylation is 1. The maximum atomic E-state index is 9.95. The summed E-state index contributed by atoms with van der Waals surface area (Å²) in [5.41, 5.74) is 3.87. The Hall–Kier alpha value is -3.38. The minimum atomic E-state index is -0.106. The van der Waals surface area contributed by atoms with Crippen molar-refractivity contribution in [3.8, 4) is 28.7 Å². The fraction of sp³-hybridized carbons (Fsp3) is 0.550. The van der Waals surface area contributed by atoms with Crippen LogP contribution in [0.25, 0.3) is 0 Å². The number of unbranched alkanes of at least 4 members (excludes halogenated alkanes) is 9. The first-order valence-corrected chi connectivity index (χ1v) is 17.7. The molecule has 3 aromatic carbocycles. The third-order valence-corrected chi connectivity index (χ3v) is 7.78. The van der Waals surface area contributed by atoms with Crippen LogP contribution >= 0.6 is 0 Å². The first-order valence-electron chi connectivity index (χ1n) is 17.7. The van der Waals surface area contributed by atoms with Crippen LogP contribution < -0.4 is 23.7 Å². The van der Waals surface area contributed by atoms with Crippen molar-refractivity contribution in [2.45, 2.75) is 125 Å². The van der Waals surface area contributed by atoms with E-state index < -0.39 is 0 Å². The Labute approximate surface area is 278 Å². The lowest BCUT2D eigenvalue weighted by Gasteiger charge is -2.15. The zero-order chi connectivity index (χ0) is 32.8. The molecule has 1 N–H and O–H groups in total. The summed E-state index contributed by atoms with van der Waals surface area (Å²) < 4.78 is 30.7. The fourth-order valence-electron chi connectivity index (χ4n) is 5.25. The molecule has 3 rings (SSSR count). The molecule has 0 fully saturated rings. The van der Waals surface area contributed by atoms with Gasteiger partial charge in [-0.15, -0.1) is 0 Å². The SMILES string of the molecule is CCCCCCOc1cc(C)cc(COc2cc(CO)cc(OCc3cc(OCCCCCC)cc(OCCCCCC)c3)c2)c1. The van der Waals surface area contributed by atoms with Gasteiger partial charge < -0.3 is 28.8 Å². The summed E-state index contributed by atoms with van der Waals surface area (Å²) in [6, 6.07) is 17.8. The molecule has 0 unspecified atom stereocenters. The summed E-state index contributed by atoms with van der Waals surface area (Å²) in [7, 11) is 0. The maximum absolute atomic E-state index is 9.95. The Morgan fingerprint density at radius 1 is 0.413 bits per heavy atom. The van der Waals surface area contributed by atoms with Gasteiger partial charge in [0.2, 0.25) is 0 Å². The number of ether oxygens (including phenoxy) is 5. The van der Waals surface area contributed by atoms with E-state index in [1.807, 2.05) is 42.5 Å². The molecule has 0 saturated carbocycles. The minimum Gasteiger partial charge on any atom is -0.494 e. The molecule has 0 saturated heterocycles. The van der Waals surface area contributed by atoms with Crippen molar-refractivity contribution in [2.75, 3.05) is 19.8 Å². The Balaban J connectivity index is 1.64. The number of aliphatic hydroxyl groups is 1. The highest BCUT2D eigenvalue weighted by molar-refractivity contribution is 5.41. The van der Waals surface area contributed by atoms with Crippen LogP contribution in [-0.2, 0) is 19.8 Å². The van der Waals surface area contributed by atoms with E-state index in [1.165, 1.54) is 57.8 Å². The molecule has 0 spiro atoms. The molecule has 0 aliphatic rings. The van der Waals surface area contributed by atoms with Gasteiger partial charge in [0.25, 0.3) is 0 Å². The van der Waals surface area contributed by atoms with Gasteiger partial charge in [0.05, 0.1) is 26.4 Å².